The Morgan fingerprint density at radius 1 is 1.16 bits per heavy atom. The Labute approximate surface area is 115 Å². The Hall–Kier alpha value is -0.660. The van der Waals surface area contributed by atoms with E-state index in [1.807, 2.05) is 0 Å². The molecule has 112 valence electrons. The minimum absolute atomic E-state index is 0.232. The molecule has 0 saturated carbocycles. The summed E-state index contributed by atoms with van der Waals surface area (Å²) in [5.41, 5.74) is 0. The summed E-state index contributed by atoms with van der Waals surface area (Å²) in [6.07, 6.45) is 0.350. The smallest absolute Gasteiger partial charge is 0.306 e. The quantitative estimate of drug-likeness (QED) is 0.697. The van der Waals surface area contributed by atoms with Crippen molar-refractivity contribution in [3.8, 4) is 0 Å². The van der Waals surface area contributed by atoms with Crippen LogP contribution in [0.3, 0.4) is 0 Å². The molecular formula is C12H24N2O4S. The van der Waals surface area contributed by atoms with Crippen LogP contribution in [0.1, 0.15) is 27.2 Å². The molecule has 0 bridgehead atoms. The number of esters is 1. The molecule has 0 radical (unpaired) electrons. The molecule has 1 aliphatic heterocycles. The van der Waals surface area contributed by atoms with E-state index in [0.717, 1.165) is 0 Å². The van der Waals surface area contributed by atoms with Crippen molar-refractivity contribution in [2.24, 2.45) is 0 Å². The van der Waals surface area contributed by atoms with E-state index < -0.39 is 14.8 Å². The topological polar surface area (TPSA) is 66.9 Å². The number of rotatable bonds is 4. The Morgan fingerprint density at radius 3 is 2.11 bits per heavy atom. The number of hydrogen-bond donors (Lipinski definition) is 0. The molecule has 19 heavy (non-hydrogen) atoms. The highest BCUT2D eigenvalue weighted by Crippen LogP contribution is 2.21. The van der Waals surface area contributed by atoms with Gasteiger partial charge in [-0.3, -0.25) is 4.79 Å². The molecule has 1 fully saturated rings. The third-order valence-corrected chi connectivity index (χ3v) is 5.90. The van der Waals surface area contributed by atoms with Crippen LogP contribution in [0.25, 0.3) is 0 Å². The minimum atomic E-state index is -3.24. The molecule has 1 heterocycles. The SMILES string of the molecule is COC(=O)CCN1CCN(S(=O)(=O)C(C)(C)C)CC1. The van der Waals surface area contributed by atoms with E-state index in [1.54, 1.807) is 25.1 Å². The van der Waals surface area contributed by atoms with Crippen LogP contribution in [0.4, 0.5) is 0 Å². The second kappa shape index (κ2) is 6.19. The second-order valence-electron chi connectivity index (χ2n) is 5.68. The van der Waals surface area contributed by atoms with Crippen molar-refractivity contribution in [2.75, 3.05) is 39.8 Å². The average Bonchev–Trinajstić information content (AvgIpc) is 2.35. The zero-order valence-electron chi connectivity index (χ0n) is 12.2. The van der Waals surface area contributed by atoms with Gasteiger partial charge in [-0.25, -0.2) is 8.42 Å². The first-order chi connectivity index (χ1) is 8.68. The van der Waals surface area contributed by atoms with Crippen LogP contribution >= 0.6 is 0 Å². The molecular weight excluding hydrogens is 268 g/mol. The van der Waals surface area contributed by atoms with Crippen molar-refractivity contribution in [1.29, 1.82) is 0 Å². The standard InChI is InChI=1S/C12H24N2O4S/c1-12(2,3)19(16,17)14-9-7-13(8-10-14)6-5-11(15)18-4/h5-10H2,1-4H3. The molecule has 1 rings (SSSR count). The average molecular weight is 292 g/mol. The number of carbonyl (C=O) groups is 1. The van der Waals surface area contributed by atoms with Crippen LogP contribution in [0, 0.1) is 0 Å². The Balaban J connectivity index is 2.48. The molecule has 1 saturated heterocycles. The van der Waals surface area contributed by atoms with Crippen molar-refractivity contribution in [1.82, 2.24) is 9.21 Å². The number of ether oxygens (including phenoxy) is 1. The molecule has 0 unspecified atom stereocenters. The molecule has 0 atom stereocenters. The van der Waals surface area contributed by atoms with Gasteiger partial charge < -0.3 is 9.64 Å². The van der Waals surface area contributed by atoms with Crippen LogP contribution in [0.15, 0.2) is 0 Å². The third kappa shape index (κ3) is 4.15. The minimum Gasteiger partial charge on any atom is -0.469 e. The summed E-state index contributed by atoms with van der Waals surface area (Å²) in [6.45, 7) is 8.06. The molecule has 7 heteroatoms. The molecule has 0 amide bonds. The van der Waals surface area contributed by atoms with E-state index in [4.69, 9.17) is 0 Å². The van der Waals surface area contributed by atoms with Crippen molar-refractivity contribution in [2.45, 2.75) is 31.9 Å². The third-order valence-electron chi connectivity index (χ3n) is 3.30. The summed E-state index contributed by atoms with van der Waals surface area (Å²) in [5.74, 6) is -0.232. The van der Waals surface area contributed by atoms with E-state index >= 15 is 0 Å². The molecule has 0 aromatic rings. The maximum Gasteiger partial charge on any atom is 0.306 e. The number of methoxy groups -OCH3 is 1. The molecule has 0 aliphatic carbocycles. The lowest BCUT2D eigenvalue weighted by molar-refractivity contribution is -0.141. The van der Waals surface area contributed by atoms with Gasteiger partial charge in [-0.1, -0.05) is 0 Å². The first-order valence-corrected chi connectivity index (χ1v) is 7.91. The van der Waals surface area contributed by atoms with Crippen LogP contribution in [0.5, 0.6) is 0 Å². The Bertz CT molecular complexity index is 406. The zero-order chi connectivity index (χ0) is 14.7. The molecule has 1 aliphatic rings. The van der Waals surface area contributed by atoms with E-state index in [2.05, 4.69) is 9.64 Å². The normalized spacial score (nSPS) is 19.4. The summed E-state index contributed by atoms with van der Waals surface area (Å²) in [5, 5.41) is 0. The molecule has 0 aromatic carbocycles. The molecule has 6 nitrogen and oxygen atoms in total. The van der Waals surface area contributed by atoms with Crippen LogP contribution in [-0.4, -0.2) is 68.2 Å². The van der Waals surface area contributed by atoms with Crippen molar-refractivity contribution >= 4 is 16.0 Å². The van der Waals surface area contributed by atoms with Gasteiger partial charge in [0.1, 0.15) is 0 Å². The number of sulfonamides is 1. The Morgan fingerprint density at radius 2 is 1.68 bits per heavy atom. The van der Waals surface area contributed by atoms with Gasteiger partial charge in [-0.05, 0) is 20.8 Å². The lowest BCUT2D eigenvalue weighted by Gasteiger charge is -2.37. The maximum atomic E-state index is 12.3. The van der Waals surface area contributed by atoms with E-state index in [0.29, 0.717) is 39.1 Å². The highest BCUT2D eigenvalue weighted by Gasteiger charge is 2.36. The van der Waals surface area contributed by atoms with Crippen molar-refractivity contribution in [3.63, 3.8) is 0 Å². The first kappa shape index (κ1) is 16.4. The summed E-state index contributed by atoms with van der Waals surface area (Å²) in [7, 11) is -1.87. The predicted octanol–water partition coefficient (Wildman–Crippen LogP) is 0.295. The zero-order valence-corrected chi connectivity index (χ0v) is 13.0. The second-order valence-corrected chi connectivity index (χ2v) is 8.38. The van der Waals surface area contributed by atoms with Gasteiger partial charge in [0.25, 0.3) is 0 Å². The summed E-state index contributed by atoms with van der Waals surface area (Å²) in [6, 6.07) is 0. The van der Waals surface area contributed by atoms with E-state index in [9.17, 15) is 13.2 Å². The van der Waals surface area contributed by atoms with Gasteiger partial charge in [-0.15, -0.1) is 0 Å². The lowest BCUT2D eigenvalue weighted by Crippen LogP contribution is -2.53. The molecule has 0 aromatic heterocycles. The summed E-state index contributed by atoms with van der Waals surface area (Å²) in [4.78, 5) is 13.1. The monoisotopic (exact) mass is 292 g/mol. The number of nitrogens with zero attached hydrogens (tertiary/aromatic N) is 2. The van der Waals surface area contributed by atoms with Gasteiger partial charge in [0, 0.05) is 32.7 Å². The predicted molar refractivity (Wildman–Crippen MR) is 73.3 cm³/mol. The summed E-state index contributed by atoms with van der Waals surface area (Å²) < 4.78 is 29.9. The van der Waals surface area contributed by atoms with Gasteiger partial charge in [0.05, 0.1) is 18.3 Å². The molecule has 0 spiro atoms. The van der Waals surface area contributed by atoms with E-state index in [-0.39, 0.29) is 5.97 Å². The van der Waals surface area contributed by atoms with Crippen LogP contribution in [0.2, 0.25) is 0 Å². The fraction of sp³-hybridized carbons (Fsp3) is 0.917. The van der Waals surface area contributed by atoms with Crippen LogP contribution in [-0.2, 0) is 19.6 Å². The Kier molecular flexibility index (Phi) is 5.34. The largest absolute Gasteiger partial charge is 0.469 e. The number of hydrogen-bond acceptors (Lipinski definition) is 5. The van der Waals surface area contributed by atoms with Gasteiger partial charge in [-0.2, -0.15) is 4.31 Å². The number of piperazine rings is 1. The first-order valence-electron chi connectivity index (χ1n) is 6.47. The lowest BCUT2D eigenvalue weighted by atomic mass is 10.3. The van der Waals surface area contributed by atoms with Crippen molar-refractivity contribution in [3.05, 3.63) is 0 Å². The summed E-state index contributed by atoms with van der Waals surface area (Å²) >= 11 is 0. The fourth-order valence-corrected chi connectivity index (χ4v) is 3.35. The van der Waals surface area contributed by atoms with Gasteiger partial charge >= 0.3 is 5.97 Å². The number of carbonyl (C=O) groups excluding carboxylic acids is 1. The van der Waals surface area contributed by atoms with Crippen molar-refractivity contribution < 1.29 is 17.9 Å². The van der Waals surface area contributed by atoms with Crippen LogP contribution < -0.4 is 0 Å². The van der Waals surface area contributed by atoms with E-state index in [1.165, 1.54) is 7.11 Å². The highest BCUT2D eigenvalue weighted by molar-refractivity contribution is 7.90. The fourth-order valence-electron chi connectivity index (χ4n) is 1.93. The molecule has 0 N–H and O–H groups in total. The van der Waals surface area contributed by atoms with Gasteiger partial charge in [0.15, 0.2) is 0 Å². The maximum absolute atomic E-state index is 12.3. The highest BCUT2D eigenvalue weighted by atomic mass is 32.2. The van der Waals surface area contributed by atoms with Gasteiger partial charge in [0.2, 0.25) is 10.0 Å².